The van der Waals surface area contributed by atoms with Gasteiger partial charge in [-0.25, -0.2) is 18.7 Å². The van der Waals surface area contributed by atoms with Crippen LogP contribution in [-0.2, 0) is 6.54 Å². The van der Waals surface area contributed by atoms with Gasteiger partial charge in [-0.05, 0) is 13.5 Å². The summed E-state index contributed by atoms with van der Waals surface area (Å²) in [4.78, 5) is 7.85. The van der Waals surface area contributed by atoms with Crippen LogP contribution in [0.15, 0.2) is 6.20 Å². The second-order valence-electron chi connectivity index (χ2n) is 3.25. The van der Waals surface area contributed by atoms with Crippen molar-refractivity contribution in [3.05, 3.63) is 17.5 Å². The molecule has 0 atom stereocenters. The van der Waals surface area contributed by atoms with Gasteiger partial charge in [-0.3, -0.25) is 0 Å². The van der Waals surface area contributed by atoms with Crippen LogP contribution in [0.4, 0.5) is 8.78 Å². The summed E-state index contributed by atoms with van der Waals surface area (Å²) in [5.41, 5.74) is 1.67. The molecule has 0 aromatic carbocycles. The van der Waals surface area contributed by atoms with Gasteiger partial charge in [0.25, 0.3) is 6.43 Å². The highest BCUT2D eigenvalue weighted by atomic mass is 19.3. The van der Waals surface area contributed by atoms with Crippen LogP contribution in [0.3, 0.4) is 0 Å². The van der Waals surface area contributed by atoms with Gasteiger partial charge in [-0.1, -0.05) is 6.92 Å². The first-order valence-corrected chi connectivity index (χ1v) is 5.07. The molecule has 0 aliphatic rings. The maximum absolute atomic E-state index is 11.9. The molecule has 1 N–H and O–H groups in total. The van der Waals surface area contributed by atoms with Crippen LogP contribution in [0.25, 0.3) is 0 Å². The van der Waals surface area contributed by atoms with Gasteiger partial charge < -0.3 is 10.1 Å². The number of hydrogen-bond donors (Lipinski definition) is 1. The van der Waals surface area contributed by atoms with Crippen LogP contribution in [0.2, 0.25) is 0 Å². The normalized spacial score (nSPS) is 10.8. The topological polar surface area (TPSA) is 47.0 Å². The number of ether oxygens (including phenoxy) is 1. The molecule has 1 aromatic heterocycles. The lowest BCUT2D eigenvalue weighted by Gasteiger charge is -2.07. The minimum Gasteiger partial charge on any atom is -0.457 e. The van der Waals surface area contributed by atoms with Crippen molar-refractivity contribution in [3.63, 3.8) is 0 Å². The van der Waals surface area contributed by atoms with Crippen LogP contribution in [0, 0.1) is 6.92 Å². The number of alkyl halides is 2. The smallest absolute Gasteiger partial charge is 0.316 e. The molecule has 0 aliphatic heterocycles. The van der Waals surface area contributed by atoms with Gasteiger partial charge in [0, 0.05) is 24.0 Å². The molecule has 0 unspecified atom stereocenters. The summed E-state index contributed by atoms with van der Waals surface area (Å²) < 4.78 is 28.5. The van der Waals surface area contributed by atoms with Crippen molar-refractivity contribution in [2.24, 2.45) is 0 Å². The molecule has 0 aliphatic carbocycles. The van der Waals surface area contributed by atoms with Crippen LogP contribution in [0.1, 0.15) is 18.2 Å². The number of aromatic nitrogens is 2. The van der Waals surface area contributed by atoms with E-state index in [-0.39, 0.29) is 6.01 Å². The molecule has 0 bridgehead atoms. The van der Waals surface area contributed by atoms with Crippen molar-refractivity contribution in [3.8, 4) is 6.01 Å². The molecule has 1 rings (SSSR count). The largest absolute Gasteiger partial charge is 0.457 e. The fraction of sp³-hybridized carbons (Fsp3) is 0.600. The summed E-state index contributed by atoms with van der Waals surface area (Å²) in [6.45, 7) is 4.63. The van der Waals surface area contributed by atoms with Crippen molar-refractivity contribution in [1.29, 1.82) is 0 Å². The molecule has 16 heavy (non-hydrogen) atoms. The zero-order valence-electron chi connectivity index (χ0n) is 9.33. The molecule has 0 saturated heterocycles. The number of halogens is 2. The van der Waals surface area contributed by atoms with E-state index < -0.39 is 13.0 Å². The Kier molecular flexibility index (Phi) is 5.04. The first kappa shape index (κ1) is 12.8. The number of nitrogens with zero attached hydrogens (tertiary/aromatic N) is 2. The quantitative estimate of drug-likeness (QED) is 0.806. The van der Waals surface area contributed by atoms with E-state index in [1.165, 1.54) is 0 Å². The van der Waals surface area contributed by atoms with Crippen molar-refractivity contribution in [2.45, 2.75) is 26.8 Å². The first-order valence-electron chi connectivity index (χ1n) is 5.07. The number of hydrogen-bond acceptors (Lipinski definition) is 4. The summed E-state index contributed by atoms with van der Waals surface area (Å²) in [5.74, 6) is 0. The molecular formula is C10H15F2N3O. The summed E-state index contributed by atoms with van der Waals surface area (Å²) in [6, 6.07) is -0.00181. The highest BCUT2D eigenvalue weighted by molar-refractivity contribution is 5.17. The summed E-state index contributed by atoms with van der Waals surface area (Å²) in [5, 5.41) is 3.13. The second-order valence-corrected chi connectivity index (χ2v) is 3.25. The molecule has 0 spiro atoms. The Morgan fingerprint density at radius 2 is 2.25 bits per heavy atom. The highest BCUT2D eigenvalue weighted by Gasteiger charge is 2.07. The Balaban J connectivity index is 2.59. The van der Waals surface area contributed by atoms with E-state index in [2.05, 4.69) is 15.3 Å². The summed E-state index contributed by atoms with van der Waals surface area (Å²) >= 11 is 0. The van der Waals surface area contributed by atoms with Gasteiger partial charge in [-0.2, -0.15) is 0 Å². The maximum Gasteiger partial charge on any atom is 0.316 e. The Labute approximate surface area is 93.1 Å². The maximum atomic E-state index is 11.9. The molecule has 4 nitrogen and oxygen atoms in total. The number of nitrogens with one attached hydrogen (secondary N) is 1. The summed E-state index contributed by atoms with van der Waals surface area (Å²) in [7, 11) is 0. The van der Waals surface area contributed by atoms with Crippen molar-refractivity contribution >= 4 is 0 Å². The Morgan fingerprint density at radius 1 is 1.50 bits per heavy atom. The average Bonchev–Trinajstić information content (AvgIpc) is 2.25. The van der Waals surface area contributed by atoms with Gasteiger partial charge in [0.2, 0.25) is 0 Å². The predicted molar refractivity (Wildman–Crippen MR) is 55.6 cm³/mol. The third kappa shape index (κ3) is 4.06. The van der Waals surface area contributed by atoms with Crippen molar-refractivity contribution in [1.82, 2.24) is 15.3 Å². The van der Waals surface area contributed by atoms with E-state index in [1.807, 2.05) is 6.92 Å². The molecule has 0 saturated carbocycles. The Hall–Kier alpha value is -1.30. The van der Waals surface area contributed by atoms with Crippen LogP contribution >= 0.6 is 0 Å². The molecule has 1 aromatic rings. The molecule has 0 radical (unpaired) electrons. The summed E-state index contributed by atoms with van der Waals surface area (Å²) in [6.07, 6.45) is -0.920. The monoisotopic (exact) mass is 231 g/mol. The first-order chi connectivity index (χ1) is 7.63. The molecule has 90 valence electrons. The van der Waals surface area contributed by atoms with Crippen LogP contribution in [-0.4, -0.2) is 29.5 Å². The van der Waals surface area contributed by atoms with E-state index in [0.29, 0.717) is 6.54 Å². The lowest BCUT2D eigenvalue weighted by molar-refractivity contribution is 0.0769. The fourth-order valence-corrected chi connectivity index (χ4v) is 1.11. The van der Waals surface area contributed by atoms with Crippen LogP contribution < -0.4 is 10.1 Å². The minimum atomic E-state index is -2.51. The Morgan fingerprint density at radius 3 is 2.81 bits per heavy atom. The lowest BCUT2D eigenvalue weighted by Crippen LogP contribution is -2.14. The van der Waals surface area contributed by atoms with Gasteiger partial charge in [0.1, 0.15) is 0 Å². The van der Waals surface area contributed by atoms with E-state index >= 15 is 0 Å². The SMILES string of the molecule is CCNCc1cnc(OCC(F)F)nc1C. The van der Waals surface area contributed by atoms with E-state index in [4.69, 9.17) is 4.74 Å². The fourth-order valence-electron chi connectivity index (χ4n) is 1.11. The van der Waals surface area contributed by atoms with Crippen LogP contribution in [0.5, 0.6) is 6.01 Å². The average molecular weight is 231 g/mol. The molecule has 0 amide bonds. The van der Waals surface area contributed by atoms with Gasteiger partial charge in [0.05, 0.1) is 0 Å². The third-order valence-corrected chi connectivity index (χ3v) is 1.96. The van der Waals surface area contributed by atoms with E-state index in [9.17, 15) is 8.78 Å². The number of aryl methyl sites for hydroxylation is 1. The van der Waals surface area contributed by atoms with Crippen molar-refractivity contribution < 1.29 is 13.5 Å². The van der Waals surface area contributed by atoms with E-state index in [1.54, 1.807) is 13.1 Å². The molecule has 0 fully saturated rings. The van der Waals surface area contributed by atoms with Gasteiger partial charge >= 0.3 is 6.01 Å². The second kappa shape index (κ2) is 6.32. The van der Waals surface area contributed by atoms with Gasteiger partial charge in [0.15, 0.2) is 6.61 Å². The number of rotatable bonds is 6. The minimum absolute atomic E-state index is 0.00181. The Bertz CT molecular complexity index is 334. The van der Waals surface area contributed by atoms with E-state index in [0.717, 1.165) is 17.8 Å². The zero-order valence-corrected chi connectivity index (χ0v) is 9.33. The standard InChI is InChI=1S/C10H15F2N3O/c1-3-13-4-8-5-14-10(15-7(8)2)16-6-9(11)12/h5,9,13H,3-4,6H2,1-2H3. The van der Waals surface area contributed by atoms with Gasteiger partial charge in [-0.15, -0.1) is 0 Å². The van der Waals surface area contributed by atoms with Crippen molar-refractivity contribution in [2.75, 3.05) is 13.2 Å². The molecular weight excluding hydrogens is 216 g/mol. The zero-order chi connectivity index (χ0) is 12.0. The lowest BCUT2D eigenvalue weighted by atomic mass is 10.2. The molecule has 6 heteroatoms. The molecule has 1 heterocycles. The predicted octanol–water partition coefficient (Wildman–Crippen LogP) is 1.54. The highest BCUT2D eigenvalue weighted by Crippen LogP contribution is 2.09. The third-order valence-electron chi connectivity index (χ3n) is 1.96.